The molecule has 0 aliphatic rings. The number of aromatic nitrogens is 1. The van der Waals surface area contributed by atoms with Crippen molar-refractivity contribution in [3.63, 3.8) is 0 Å². The normalized spacial score (nSPS) is 12.3. The Kier molecular flexibility index (Phi) is 5.79. The topological polar surface area (TPSA) is 12.9 Å². The number of thiazole rings is 1. The summed E-state index contributed by atoms with van der Waals surface area (Å²) < 4.78 is 0. The van der Waals surface area contributed by atoms with Gasteiger partial charge in [0, 0.05) is 28.7 Å². The van der Waals surface area contributed by atoms with E-state index < -0.39 is 0 Å². The highest BCUT2D eigenvalue weighted by atomic mass is 79.9. The van der Waals surface area contributed by atoms with Gasteiger partial charge in [-0.3, -0.25) is 0 Å². The van der Waals surface area contributed by atoms with Crippen LogP contribution < -0.4 is 0 Å². The minimum atomic E-state index is 0.312. The zero-order valence-electron chi connectivity index (χ0n) is 9.17. The lowest BCUT2D eigenvalue weighted by molar-refractivity contribution is 0.304. The Morgan fingerprint density at radius 2 is 2.07 bits per heavy atom. The lowest BCUT2D eigenvalue weighted by atomic mass is 9.81. The van der Waals surface area contributed by atoms with Gasteiger partial charge in [0.2, 0.25) is 0 Å². The Morgan fingerprint density at radius 1 is 1.40 bits per heavy atom. The van der Waals surface area contributed by atoms with Crippen molar-refractivity contribution in [3.05, 3.63) is 16.6 Å². The quantitative estimate of drug-likeness (QED) is 0.685. The monoisotopic (exact) mass is 353 g/mol. The summed E-state index contributed by atoms with van der Waals surface area (Å²) in [7, 11) is 0. The van der Waals surface area contributed by atoms with Crippen molar-refractivity contribution in [1.82, 2.24) is 4.98 Å². The van der Waals surface area contributed by atoms with Gasteiger partial charge >= 0.3 is 0 Å². The molecule has 0 bridgehead atoms. The summed E-state index contributed by atoms with van der Waals surface area (Å²) in [4.78, 5) is 4.38. The fraction of sp³-hybridized carbons (Fsp3) is 0.727. The van der Waals surface area contributed by atoms with Crippen LogP contribution in [0.2, 0.25) is 0 Å². The predicted octanol–water partition coefficient (Wildman–Crippen LogP) is 4.51. The van der Waals surface area contributed by atoms with Gasteiger partial charge in [-0.1, -0.05) is 45.7 Å². The standard InChI is InChI=1S/C11H17Br2NS/c1-9(2)5-11(7-12,8-13)6-10-14-3-4-15-10/h3-4,9H,5-8H2,1-2H3. The first kappa shape index (κ1) is 13.7. The van der Waals surface area contributed by atoms with E-state index in [2.05, 4.69) is 56.1 Å². The first-order valence-corrected chi connectivity index (χ1v) is 8.24. The van der Waals surface area contributed by atoms with Gasteiger partial charge < -0.3 is 0 Å². The van der Waals surface area contributed by atoms with Gasteiger partial charge in [0.25, 0.3) is 0 Å². The van der Waals surface area contributed by atoms with Crippen LogP contribution in [0.4, 0.5) is 0 Å². The molecule has 0 N–H and O–H groups in total. The molecular formula is C11H17Br2NS. The van der Waals surface area contributed by atoms with Crippen molar-refractivity contribution in [2.45, 2.75) is 26.7 Å². The Labute approximate surface area is 113 Å². The van der Waals surface area contributed by atoms with Crippen molar-refractivity contribution < 1.29 is 0 Å². The number of alkyl halides is 2. The molecule has 0 aliphatic carbocycles. The Morgan fingerprint density at radius 3 is 2.47 bits per heavy atom. The van der Waals surface area contributed by atoms with E-state index in [1.807, 2.05) is 6.20 Å². The first-order chi connectivity index (χ1) is 7.12. The lowest BCUT2D eigenvalue weighted by Gasteiger charge is -2.31. The second kappa shape index (κ2) is 6.36. The van der Waals surface area contributed by atoms with Gasteiger partial charge in [-0.2, -0.15) is 0 Å². The molecule has 86 valence electrons. The van der Waals surface area contributed by atoms with Gasteiger partial charge in [0.15, 0.2) is 0 Å². The molecule has 0 aliphatic heterocycles. The second-order valence-electron chi connectivity index (χ2n) is 4.47. The molecule has 1 rings (SSSR count). The van der Waals surface area contributed by atoms with Gasteiger partial charge in [0.05, 0.1) is 5.01 Å². The summed E-state index contributed by atoms with van der Waals surface area (Å²) in [5.74, 6) is 0.722. The molecule has 0 spiro atoms. The van der Waals surface area contributed by atoms with Crippen LogP contribution in [0.5, 0.6) is 0 Å². The van der Waals surface area contributed by atoms with E-state index in [4.69, 9.17) is 0 Å². The second-order valence-corrected chi connectivity index (χ2v) is 6.57. The van der Waals surface area contributed by atoms with Crippen molar-refractivity contribution in [1.29, 1.82) is 0 Å². The van der Waals surface area contributed by atoms with E-state index in [-0.39, 0.29) is 0 Å². The van der Waals surface area contributed by atoms with Gasteiger partial charge in [-0.25, -0.2) is 4.98 Å². The lowest BCUT2D eigenvalue weighted by Crippen LogP contribution is -2.29. The molecule has 4 heteroatoms. The van der Waals surface area contributed by atoms with Crippen molar-refractivity contribution in [3.8, 4) is 0 Å². The molecule has 0 amide bonds. The highest BCUT2D eigenvalue weighted by Gasteiger charge is 2.30. The summed E-state index contributed by atoms with van der Waals surface area (Å²) in [6.07, 6.45) is 4.19. The first-order valence-electron chi connectivity index (χ1n) is 5.12. The maximum Gasteiger partial charge on any atom is 0.0930 e. The summed E-state index contributed by atoms with van der Waals surface area (Å²) in [5, 5.41) is 5.36. The van der Waals surface area contributed by atoms with Crippen LogP contribution in [-0.4, -0.2) is 15.6 Å². The van der Waals surface area contributed by atoms with Crippen LogP contribution >= 0.6 is 43.2 Å². The molecular weight excluding hydrogens is 338 g/mol. The molecule has 0 unspecified atom stereocenters. The number of halogens is 2. The van der Waals surface area contributed by atoms with Crippen LogP contribution in [0.15, 0.2) is 11.6 Å². The van der Waals surface area contributed by atoms with E-state index in [9.17, 15) is 0 Å². The molecule has 0 fully saturated rings. The smallest absolute Gasteiger partial charge is 0.0930 e. The average molecular weight is 355 g/mol. The summed E-state index contributed by atoms with van der Waals surface area (Å²) in [6, 6.07) is 0. The number of hydrogen-bond donors (Lipinski definition) is 0. The van der Waals surface area contributed by atoms with Gasteiger partial charge in [0.1, 0.15) is 0 Å². The van der Waals surface area contributed by atoms with Gasteiger partial charge in [-0.05, 0) is 17.8 Å². The van der Waals surface area contributed by atoms with E-state index in [1.165, 1.54) is 11.4 Å². The SMILES string of the molecule is CC(C)CC(CBr)(CBr)Cc1nccs1. The summed E-state index contributed by atoms with van der Waals surface area (Å²) >= 11 is 9.06. The third-order valence-corrected chi connectivity index (χ3v) is 5.58. The maximum atomic E-state index is 4.38. The predicted molar refractivity (Wildman–Crippen MR) is 75.3 cm³/mol. The van der Waals surface area contributed by atoms with Crippen molar-refractivity contribution in [2.24, 2.45) is 11.3 Å². The molecule has 1 aromatic rings. The van der Waals surface area contributed by atoms with Crippen molar-refractivity contribution >= 4 is 43.2 Å². The summed E-state index contributed by atoms with van der Waals surface area (Å²) in [5.41, 5.74) is 0.312. The van der Waals surface area contributed by atoms with Crippen LogP contribution in [0.25, 0.3) is 0 Å². The van der Waals surface area contributed by atoms with E-state index in [0.29, 0.717) is 5.41 Å². The molecule has 1 aromatic heterocycles. The molecule has 0 saturated heterocycles. The molecule has 0 atom stereocenters. The van der Waals surface area contributed by atoms with E-state index in [0.717, 1.165) is 23.0 Å². The molecule has 1 heterocycles. The average Bonchev–Trinajstić information content (AvgIpc) is 2.68. The molecule has 0 radical (unpaired) electrons. The molecule has 0 saturated carbocycles. The Bertz CT molecular complexity index is 268. The number of nitrogens with zero attached hydrogens (tertiary/aromatic N) is 1. The summed E-state index contributed by atoms with van der Waals surface area (Å²) in [6.45, 7) is 4.56. The van der Waals surface area contributed by atoms with Gasteiger partial charge in [-0.15, -0.1) is 11.3 Å². The largest absolute Gasteiger partial charge is 0.250 e. The third-order valence-electron chi connectivity index (χ3n) is 2.42. The van der Waals surface area contributed by atoms with Crippen molar-refractivity contribution in [2.75, 3.05) is 10.7 Å². The highest BCUT2D eigenvalue weighted by molar-refractivity contribution is 9.09. The van der Waals surface area contributed by atoms with Crippen LogP contribution in [0.3, 0.4) is 0 Å². The van der Waals surface area contributed by atoms with E-state index >= 15 is 0 Å². The number of hydrogen-bond acceptors (Lipinski definition) is 2. The Balaban J connectivity index is 2.71. The number of rotatable bonds is 6. The fourth-order valence-corrected chi connectivity index (χ4v) is 4.41. The maximum absolute atomic E-state index is 4.38. The zero-order valence-corrected chi connectivity index (χ0v) is 13.2. The van der Waals surface area contributed by atoms with Crippen LogP contribution in [0, 0.1) is 11.3 Å². The zero-order chi connectivity index (χ0) is 11.3. The van der Waals surface area contributed by atoms with Crippen LogP contribution in [0.1, 0.15) is 25.3 Å². The molecule has 0 aromatic carbocycles. The molecule has 15 heavy (non-hydrogen) atoms. The fourth-order valence-electron chi connectivity index (χ4n) is 1.84. The van der Waals surface area contributed by atoms with E-state index in [1.54, 1.807) is 11.3 Å². The third kappa shape index (κ3) is 4.16. The van der Waals surface area contributed by atoms with Crippen LogP contribution in [-0.2, 0) is 6.42 Å². The Hall–Kier alpha value is 0.590. The highest BCUT2D eigenvalue weighted by Crippen LogP contribution is 2.35. The minimum Gasteiger partial charge on any atom is -0.250 e. The molecule has 1 nitrogen and oxygen atoms in total. The minimum absolute atomic E-state index is 0.312.